The number of carbonyl (C=O) groups is 1. The molecule has 0 saturated heterocycles. The molecule has 0 saturated carbocycles. The van der Waals surface area contributed by atoms with Crippen LogP contribution in [0.3, 0.4) is 0 Å². The number of para-hydroxylation sites is 2. The zero-order valence-corrected chi connectivity index (χ0v) is 19.5. The number of aryl methyl sites for hydroxylation is 1. The van der Waals surface area contributed by atoms with Crippen LogP contribution in [-0.4, -0.2) is 23.9 Å². The Morgan fingerprint density at radius 1 is 1.00 bits per heavy atom. The molecule has 6 nitrogen and oxygen atoms in total. The molecule has 0 aliphatic carbocycles. The Kier molecular flexibility index (Phi) is 5.47. The predicted molar refractivity (Wildman–Crippen MR) is 132 cm³/mol. The van der Waals surface area contributed by atoms with Crippen LogP contribution in [0.5, 0.6) is 0 Å². The summed E-state index contributed by atoms with van der Waals surface area (Å²) in [6.07, 6.45) is 1.57. The summed E-state index contributed by atoms with van der Waals surface area (Å²) < 4.78 is 29.3. The topological polar surface area (TPSA) is 81.1 Å². The highest BCUT2D eigenvalue weighted by atomic mass is 32.2. The molecule has 0 atom stereocenters. The first kappa shape index (κ1) is 21.4. The van der Waals surface area contributed by atoms with Crippen molar-refractivity contribution in [1.82, 2.24) is 9.55 Å². The number of sulfone groups is 1. The van der Waals surface area contributed by atoms with Crippen molar-refractivity contribution in [3.63, 3.8) is 0 Å². The number of nitrogens with zero attached hydrogens (tertiary/aromatic N) is 2. The van der Waals surface area contributed by atoms with Crippen LogP contribution in [0.2, 0.25) is 0 Å². The highest BCUT2D eigenvalue weighted by molar-refractivity contribution is 7.90. The summed E-state index contributed by atoms with van der Waals surface area (Å²) in [4.78, 5) is 17.5. The van der Waals surface area contributed by atoms with E-state index in [2.05, 4.69) is 10.3 Å². The van der Waals surface area contributed by atoms with E-state index in [0.717, 1.165) is 21.3 Å². The van der Waals surface area contributed by atoms with Gasteiger partial charge in [0, 0.05) is 17.1 Å². The Bertz CT molecular complexity index is 1570. The summed E-state index contributed by atoms with van der Waals surface area (Å²) in [6, 6.07) is 22.4. The lowest BCUT2D eigenvalue weighted by atomic mass is 10.1. The smallest absolute Gasteiger partial charge is 0.246 e. The van der Waals surface area contributed by atoms with Gasteiger partial charge in [0.25, 0.3) is 0 Å². The van der Waals surface area contributed by atoms with Crippen LogP contribution >= 0.6 is 11.3 Å². The van der Waals surface area contributed by atoms with Crippen molar-refractivity contribution in [2.45, 2.75) is 24.1 Å². The number of fused-ring (bicyclic) bond motifs is 2. The summed E-state index contributed by atoms with van der Waals surface area (Å²) in [5.41, 5.74) is 3.22. The van der Waals surface area contributed by atoms with Crippen LogP contribution < -0.4 is 5.32 Å². The summed E-state index contributed by atoms with van der Waals surface area (Å²) in [7, 11) is -3.62. The van der Waals surface area contributed by atoms with Gasteiger partial charge in [-0.15, -0.1) is 0 Å². The molecule has 0 spiro atoms. The van der Waals surface area contributed by atoms with Crippen LogP contribution in [0.1, 0.15) is 11.1 Å². The van der Waals surface area contributed by atoms with E-state index in [-0.39, 0.29) is 23.1 Å². The molecule has 5 rings (SSSR count). The van der Waals surface area contributed by atoms with Crippen molar-refractivity contribution in [3.8, 4) is 0 Å². The van der Waals surface area contributed by atoms with E-state index in [0.29, 0.717) is 16.0 Å². The lowest BCUT2D eigenvalue weighted by molar-refractivity contribution is -0.116. The normalized spacial score (nSPS) is 11.8. The number of rotatable bonds is 6. The number of aromatic nitrogens is 2. The van der Waals surface area contributed by atoms with Gasteiger partial charge < -0.3 is 9.88 Å². The molecule has 0 fully saturated rings. The highest BCUT2D eigenvalue weighted by Crippen LogP contribution is 2.29. The third-order valence-corrected chi connectivity index (χ3v) is 8.19. The minimum Gasteiger partial charge on any atom is -0.337 e. The van der Waals surface area contributed by atoms with E-state index in [1.54, 1.807) is 22.9 Å². The Balaban J connectivity index is 1.44. The van der Waals surface area contributed by atoms with E-state index in [1.807, 2.05) is 67.6 Å². The molecule has 33 heavy (non-hydrogen) atoms. The van der Waals surface area contributed by atoms with Crippen molar-refractivity contribution in [2.75, 3.05) is 5.32 Å². The molecule has 0 aliphatic heterocycles. The lowest BCUT2D eigenvalue weighted by Crippen LogP contribution is -2.18. The van der Waals surface area contributed by atoms with Gasteiger partial charge in [0.15, 0.2) is 15.0 Å². The fourth-order valence-corrected chi connectivity index (χ4v) is 6.45. The fourth-order valence-electron chi connectivity index (χ4n) is 3.89. The fraction of sp³-hybridized carbons (Fsp3) is 0.120. The number of thiazole rings is 1. The molecule has 0 unspecified atom stereocenters. The molecule has 0 radical (unpaired) electrons. The maximum Gasteiger partial charge on any atom is 0.246 e. The molecule has 8 heteroatoms. The van der Waals surface area contributed by atoms with E-state index < -0.39 is 9.84 Å². The molecule has 166 valence electrons. The number of nitrogens with one attached hydrogen (secondary N) is 1. The van der Waals surface area contributed by atoms with E-state index in [1.165, 1.54) is 11.3 Å². The number of benzene rings is 3. The van der Waals surface area contributed by atoms with Gasteiger partial charge in [-0.2, -0.15) is 0 Å². The summed E-state index contributed by atoms with van der Waals surface area (Å²) in [6.45, 7) is 1.89. The zero-order chi connectivity index (χ0) is 23.0. The van der Waals surface area contributed by atoms with Crippen molar-refractivity contribution in [2.24, 2.45) is 0 Å². The number of hydrogen-bond acceptors (Lipinski definition) is 5. The largest absolute Gasteiger partial charge is 0.337 e. The van der Waals surface area contributed by atoms with Crippen molar-refractivity contribution >= 4 is 53.3 Å². The van der Waals surface area contributed by atoms with Gasteiger partial charge in [-0.05, 0) is 36.2 Å². The average molecular weight is 476 g/mol. The molecule has 2 aromatic heterocycles. The summed E-state index contributed by atoms with van der Waals surface area (Å²) >= 11 is 1.40. The van der Waals surface area contributed by atoms with Gasteiger partial charge in [0.2, 0.25) is 5.91 Å². The second-order valence-electron chi connectivity index (χ2n) is 7.86. The minimum atomic E-state index is -3.62. The first-order chi connectivity index (χ1) is 15.9. The Labute approximate surface area is 195 Å². The molecular formula is C25H21N3O3S2. The Hall–Kier alpha value is -3.49. The number of amides is 1. The maximum atomic E-state index is 13.3. The predicted octanol–water partition coefficient (Wildman–Crippen LogP) is 5.17. The molecule has 0 aliphatic rings. The first-order valence-electron chi connectivity index (χ1n) is 10.4. The van der Waals surface area contributed by atoms with Crippen molar-refractivity contribution in [1.29, 1.82) is 0 Å². The van der Waals surface area contributed by atoms with Crippen LogP contribution in [0.4, 0.5) is 5.13 Å². The molecule has 1 N–H and O–H groups in total. The third kappa shape index (κ3) is 4.27. The van der Waals surface area contributed by atoms with Gasteiger partial charge in [0.1, 0.15) is 6.54 Å². The van der Waals surface area contributed by atoms with Gasteiger partial charge in [-0.25, -0.2) is 13.4 Å². The standard InChI is InChI=1S/C25H21N3O3S2/c1-17-8-2-3-9-18(17)16-33(30,31)23-14-28(21-12-6-4-10-19(21)23)15-24(29)27-25-26-20-11-5-7-13-22(20)32-25/h2-14H,15-16H2,1H3,(H,26,27,29). The van der Waals surface area contributed by atoms with Gasteiger partial charge in [-0.3, -0.25) is 4.79 Å². The third-order valence-electron chi connectivity index (χ3n) is 5.55. The number of hydrogen-bond donors (Lipinski definition) is 1. The van der Waals surface area contributed by atoms with Gasteiger partial charge in [0.05, 0.1) is 20.9 Å². The lowest BCUT2D eigenvalue weighted by Gasteiger charge is -2.06. The van der Waals surface area contributed by atoms with Crippen LogP contribution in [0, 0.1) is 6.92 Å². The van der Waals surface area contributed by atoms with Crippen LogP contribution in [-0.2, 0) is 26.9 Å². The zero-order valence-electron chi connectivity index (χ0n) is 17.9. The minimum absolute atomic E-state index is 0.0175. The van der Waals surface area contributed by atoms with Gasteiger partial charge >= 0.3 is 0 Å². The number of anilines is 1. The molecule has 2 heterocycles. The Morgan fingerprint density at radius 2 is 1.73 bits per heavy atom. The van der Waals surface area contributed by atoms with Crippen molar-refractivity contribution < 1.29 is 13.2 Å². The molecule has 3 aromatic carbocycles. The van der Waals surface area contributed by atoms with E-state index in [4.69, 9.17) is 0 Å². The summed E-state index contributed by atoms with van der Waals surface area (Å²) in [5, 5.41) is 3.97. The van der Waals surface area contributed by atoms with E-state index in [9.17, 15) is 13.2 Å². The van der Waals surface area contributed by atoms with Crippen molar-refractivity contribution in [3.05, 3.63) is 90.1 Å². The van der Waals surface area contributed by atoms with Crippen LogP contribution in [0.25, 0.3) is 21.1 Å². The first-order valence-corrected chi connectivity index (χ1v) is 12.9. The van der Waals surface area contributed by atoms with Crippen LogP contribution in [0.15, 0.2) is 83.9 Å². The molecule has 0 bridgehead atoms. The quantitative estimate of drug-likeness (QED) is 0.367. The second kappa shape index (κ2) is 8.46. The van der Waals surface area contributed by atoms with Gasteiger partial charge in [-0.1, -0.05) is 65.9 Å². The summed E-state index contributed by atoms with van der Waals surface area (Å²) in [5.74, 6) is -0.358. The Morgan fingerprint density at radius 3 is 2.55 bits per heavy atom. The van der Waals surface area contributed by atoms with E-state index >= 15 is 0 Å². The molecule has 5 aromatic rings. The second-order valence-corrected chi connectivity index (χ2v) is 10.8. The molecular weight excluding hydrogens is 454 g/mol. The SMILES string of the molecule is Cc1ccccc1CS(=O)(=O)c1cn(CC(=O)Nc2nc3ccccc3s2)c2ccccc12. The number of carbonyl (C=O) groups excluding carboxylic acids is 1. The average Bonchev–Trinajstić information content (AvgIpc) is 3.37. The maximum absolute atomic E-state index is 13.3. The monoisotopic (exact) mass is 475 g/mol. The molecule has 1 amide bonds. The highest BCUT2D eigenvalue weighted by Gasteiger charge is 2.23.